The third-order valence-corrected chi connectivity index (χ3v) is 11.9. The van der Waals surface area contributed by atoms with Gasteiger partial charge in [-0.2, -0.15) is 0 Å². The molecule has 8 rings (SSSR count). The quantitative estimate of drug-likeness (QED) is 0.114. The number of ether oxygens (including phenoxy) is 2. The van der Waals surface area contributed by atoms with Crippen LogP contribution in [0.2, 0.25) is 0 Å². The van der Waals surface area contributed by atoms with Gasteiger partial charge in [0.1, 0.15) is 5.54 Å². The predicted octanol–water partition coefficient (Wildman–Crippen LogP) is 7.07. The number of urea groups is 1. The Hall–Kier alpha value is -5.52. The summed E-state index contributed by atoms with van der Waals surface area (Å²) in [4.78, 5) is 30.7. The fraction of sp³-hybridized carbons (Fsp3) is 0.319. The summed E-state index contributed by atoms with van der Waals surface area (Å²) < 4.78 is 13.6. The third-order valence-electron chi connectivity index (χ3n) is 11.9. The van der Waals surface area contributed by atoms with Gasteiger partial charge in [-0.25, -0.2) is 4.79 Å². The van der Waals surface area contributed by atoms with Crippen molar-refractivity contribution in [1.82, 2.24) is 20.9 Å². The Morgan fingerprint density at radius 1 is 0.772 bits per heavy atom. The van der Waals surface area contributed by atoms with Crippen LogP contribution in [-0.4, -0.2) is 59.9 Å². The number of aliphatic hydroxyl groups excluding tert-OH is 1. The van der Waals surface area contributed by atoms with E-state index in [1.807, 2.05) is 91.0 Å². The van der Waals surface area contributed by atoms with Gasteiger partial charge in [-0.3, -0.25) is 4.79 Å². The van der Waals surface area contributed by atoms with Crippen molar-refractivity contribution >= 4 is 17.6 Å². The molecule has 0 bridgehead atoms. The third kappa shape index (κ3) is 8.45. The highest BCUT2D eigenvalue weighted by Gasteiger charge is 2.51. The Morgan fingerprint density at radius 3 is 2.14 bits per heavy atom. The van der Waals surface area contributed by atoms with Gasteiger partial charge in [0, 0.05) is 49.9 Å². The molecule has 5 aromatic rings. The molecule has 294 valence electrons. The van der Waals surface area contributed by atoms with Crippen LogP contribution >= 0.6 is 0 Å². The van der Waals surface area contributed by atoms with Crippen molar-refractivity contribution in [3.8, 4) is 11.1 Å². The molecule has 10 heteroatoms. The van der Waals surface area contributed by atoms with Crippen LogP contribution in [0.1, 0.15) is 60.0 Å². The Bertz CT molecular complexity index is 2110. The number of anilines is 1. The van der Waals surface area contributed by atoms with E-state index in [0.717, 1.165) is 70.6 Å². The van der Waals surface area contributed by atoms with Crippen LogP contribution in [0, 0.1) is 5.92 Å². The summed E-state index contributed by atoms with van der Waals surface area (Å²) >= 11 is 0. The molecule has 4 N–H and O–H groups in total. The Balaban J connectivity index is 0.965. The van der Waals surface area contributed by atoms with Crippen LogP contribution < -0.4 is 20.9 Å². The maximum absolute atomic E-state index is 13.3. The second-order valence-corrected chi connectivity index (χ2v) is 15.4. The smallest absolute Gasteiger partial charge is 0.315 e. The summed E-state index contributed by atoms with van der Waals surface area (Å²) in [6.07, 6.45) is 0.502. The van der Waals surface area contributed by atoms with Gasteiger partial charge in [-0.05, 0) is 58.4 Å². The minimum absolute atomic E-state index is 0.0150. The lowest BCUT2D eigenvalue weighted by Crippen LogP contribution is -2.57. The maximum atomic E-state index is 13.3. The minimum atomic E-state index is -0.599. The molecule has 3 aliphatic rings. The molecule has 4 atom stereocenters. The van der Waals surface area contributed by atoms with E-state index in [1.54, 1.807) is 0 Å². The zero-order valence-electron chi connectivity index (χ0n) is 32.3. The number of hydrogen-bond donors (Lipinski definition) is 4. The average molecular weight is 766 g/mol. The fourth-order valence-electron chi connectivity index (χ4n) is 8.51. The summed E-state index contributed by atoms with van der Waals surface area (Å²) in [5.41, 5.74) is 7.45. The van der Waals surface area contributed by atoms with Gasteiger partial charge in [0.15, 0.2) is 6.29 Å². The second-order valence-electron chi connectivity index (χ2n) is 15.4. The lowest BCUT2D eigenvalue weighted by molar-refractivity contribution is -0.276. The molecule has 10 nitrogen and oxygen atoms in total. The molecule has 3 heterocycles. The van der Waals surface area contributed by atoms with E-state index in [9.17, 15) is 14.7 Å². The van der Waals surface area contributed by atoms with E-state index in [1.165, 1.54) is 0 Å². The zero-order chi connectivity index (χ0) is 39.2. The number of hydrogen-bond acceptors (Lipinski definition) is 7. The summed E-state index contributed by atoms with van der Waals surface area (Å²) in [7, 11) is 0. The van der Waals surface area contributed by atoms with E-state index >= 15 is 0 Å². The largest absolute Gasteiger partial charge is 0.392 e. The summed E-state index contributed by atoms with van der Waals surface area (Å²) in [6, 6.07) is 44.2. The topological polar surface area (TPSA) is 115 Å². The molecule has 3 aliphatic heterocycles. The monoisotopic (exact) mass is 765 g/mol. The molecule has 57 heavy (non-hydrogen) atoms. The van der Waals surface area contributed by atoms with Gasteiger partial charge < -0.3 is 40.3 Å². The first kappa shape index (κ1) is 38.4. The Labute approximate surface area is 334 Å². The number of amides is 3. The van der Waals surface area contributed by atoms with Gasteiger partial charge in [0.05, 0.1) is 25.5 Å². The number of rotatable bonds is 11. The van der Waals surface area contributed by atoms with E-state index in [2.05, 4.69) is 75.1 Å². The predicted molar refractivity (Wildman–Crippen MR) is 221 cm³/mol. The SMILES string of the molecule is C[C@H]1[C@@H](CN2CCC3(CC2)C(=O)NCN3c2ccccc2)O[C@@H](c2ccc(-c3ccccc3CNC(=O)NCc3ccccc3)cc2)O[C@H]1c1ccc(CO)cc1. The molecular formula is C47H51N5O5. The first-order valence-corrected chi connectivity index (χ1v) is 20.0. The first-order chi connectivity index (χ1) is 27.9. The number of piperidine rings is 1. The lowest BCUT2D eigenvalue weighted by Gasteiger charge is -2.46. The lowest BCUT2D eigenvalue weighted by atomic mass is 9.84. The average Bonchev–Trinajstić information content (AvgIpc) is 3.58. The van der Waals surface area contributed by atoms with Crippen LogP contribution in [0.3, 0.4) is 0 Å². The molecule has 3 saturated heterocycles. The normalized spacial score (nSPS) is 21.9. The highest BCUT2D eigenvalue weighted by molar-refractivity contribution is 5.93. The highest BCUT2D eigenvalue weighted by Crippen LogP contribution is 2.43. The maximum Gasteiger partial charge on any atom is 0.315 e. The number of para-hydroxylation sites is 1. The number of carbonyl (C=O) groups excluding carboxylic acids is 2. The number of aliphatic hydroxyl groups is 1. The molecule has 0 unspecified atom stereocenters. The standard InChI is InChI=1S/C47H51N5O5/c1-33-42(30-51-26-24-47(25-27-51)45(54)50-32-52(47)40-13-6-3-7-14-40)56-44(57-43(33)37-18-16-35(31-53)17-19-37)38-22-20-36(21-23-38)41-15-9-8-12-39(41)29-49-46(55)48-28-34-10-4-2-5-11-34/h2-23,33,42-44,53H,24-32H2,1H3,(H,50,54)(H2,48,49,55)/t33-,42+,43+,44+/m0/s1. The van der Waals surface area contributed by atoms with Gasteiger partial charge in [-0.1, -0.05) is 128 Å². The molecule has 3 amide bonds. The fourth-order valence-corrected chi connectivity index (χ4v) is 8.51. The van der Waals surface area contributed by atoms with Crippen molar-refractivity contribution in [3.63, 3.8) is 0 Å². The number of nitrogens with zero attached hydrogens (tertiary/aromatic N) is 2. The molecule has 5 aromatic carbocycles. The van der Waals surface area contributed by atoms with Crippen molar-refractivity contribution in [2.24, 2.45) is 5.92 Å². The Morgan fingerprint density at radius 2 is 1.42 bits per heavy atom. The molecule has 0 radical (unpaired) electrons. The minimum Gasteiger partial charge on any atom is -0.392 e. The van der Waals surface area contributed by atoms with Crippen molar-refractivity contribution in [1.29, 1.82) is 0 Å². The summed E-state index contributed by atoms with van der Waals surface area (Å²) in [5.74, 6) is 0.149. The van der Waals surface area contributed by atoms with Crippen molar-refractivity contribution < 1.29 is 24.2 Å². The van der Waals surface area contributed by atoms with Crippen LogP contribution in [0.25, 0.3) is 11.1 Å². The molecular weight excluding hydrogens is 715 g/mol. The van der Waals surface area contributed by atoms with Gasteiger partial charge in [0.2, 0.25) is 5.91 Å². The van der Waals surface area contributed by atoms with Crippen molar-refractivity contribution in [2.75, 3.05) is 31.2 Å². The van der Waals surface area contributed by atoms with Crippen LogP contribution in [-0.2, 0) is 34.0 Å². The Kier molecular flexibility index (Phi) is 11.7. The number of carbonyl (C=O) groups is 2. The molecule has 0 saturated carbocycles. The van der Waals surface area contributed by atoms with Crippen LogP contribution in [0.5, 0.6) is 0 Å². The van der Waals surface area contributed by atoms with Crippen LogP contribution in [0.15, 0.2) is 133 Å². The second kappa shape index (κ2) is 17.3. The van der Waals surface area contributed by atoms with Crippen molar-refractivity contribution in [2.45, 2.75) is 63.5 Å². The van der Waals surface area contributed by atoms with E-state index in [4.69, 9.17) is 9.47 Å². The van der Waals surface area contributed by atoms with E-state index in [-0.39, 0.29) is 36.7 Å². The number of benzene rings is 5. The summed E-state index contributed by atoms with van der Waals surface area (Å²) in [5, 5.41) is 18.8. The molecule has 1 spiro atoms. The first-order valence-electron chi connectivity index (χ1n) is 20.0. The van der Waals surface area contributed by atoms with Crippen molar-refractivity contribution in [3.05, 3.63) is 161 Å². The molecule has 3 fully saturated rings. The van der Waals surface area contributed by atoms with Gasteiger partial charge in [0.25, 0.3) is 0 Å². The van der Waals surface area contributed by atoms with Gasteiger partial charge >= 0.3 is 6.03 Å². The highest BCUT2D eigenvalue weighted by atomic mass is 16.7. The van der Waals surface area contributed by atoms with Gasteiger partial charge in [-0.15, -0.1) is 0 Å². The van der Waals surface area contributed by atoms with E-state index < -0.39 is 11.8 Å². The number of nitrogens with one attached hydrogen (secondary N) is 3. The summed E-state index contributed by atoms with van der Waals surface area (Å²) in [6.45, 7) is 5.82. The molecule has 0 aromatic heterocycles. The molecule has 0 aliphatic carbocycles. The van der Waals surface area contributed by atoms with Crippen LogP contribution in [0.4, 0.5) is 10.5 Å². The zero-order valence-corrected chi connectivity index (χ0v) is 32.3. The van der Waals surface area contributed by atoms with E-state index in [0.29, 0.717) is 26.3 Å². The number of likely N-dealkylation sites (tertiary alicyclic amines) is 1.